The third-order valence-electron chi connectivity index (χ3n) is 3.02. The molecule has 108 valence electrons. The topological polar surface area (TPSA) is 98.0 Å². The van der Waals surface area contributed by atoms with Gasteiger partial charge in [-0.2, -0.15) is 0 Å². The van der Waals surface area contributed by atoms with Gasteiger partial charge < -0.3 is 20.4 Å². The first kappa shape index (κ1) is 14.5. The predicted molar refractivity (Wildman–Crippen MR) is 77.3 cm³/mol. The van der Waals surface area contributed by atoms with Crippen LogP contribution in [0.4, 0.5) is 0 Å². The molecule has 2 aromatic rings. The molecule has 0 spiro atoms. The highest BCUT2D eigenvalue weighted by atomic mass is 16.3. The molecule has 5 heteroatoms. The molecule has 5 nitrogen and oxygen atoms in total. The molecular weight excluding hydrogens is 272 g/mol. The second-order valence-electron chi connectivity index (χ2n) is 4.51. The highest BCUT2D eigenvalue weighted by Gasteiger charge is 2.08. The molecule has 0 aromatic heterocycles. The molecule has 0 aliphatic carbocycles. The lowest BCUT2D eigenvalue weighted by Gasteiger charge is -2.05. The average molecular weight is 286 g/mol. The minimum absolute atomic E-state index is 0.0926. The summed E-state index contributed by atoms with van der Waals surface area (Å²) in [5.41, 5.74) is 1.27. The number of carbonyl (C=O) groups is 1. The lowest BCUT2D eigenvalue weighted by molar-refractivity contribution is -0.103. The van der Waals surface area contributed by atoms with Crippen LogP contribution in [-0.2, 0) is 11.2 Å². The molecule has 0 heterocycles. The number of aldehydes is 1. The van der Waals surface area contributed by atoms with E-state index in [0.29, 0.717) is 23.8 Å². The molecule has 2 aromatic carbocycles. The first-order valence-corrected chi connectivity index (χ1v) is 6.20. The molecule has 0 saturated carbocycles. The maximum Gasteiger partial charge on any atom is 0.157 e. The zero-order valence-corrected chi connectivity index (χ0v) is 11.0. The van der Waals surface area contributed by atoms with E-state index in [1.807, 2.05) is 0 Å². The normalized spacial score (nSPS) is 11.3. The quantitative estimate of drug-likeness (QED) is 0.393. The fourth-order valence-electron chi connectivity index (χ4n) is 1.91. The second-order valence-corrected chi connectivity index (χ2v) is 4.51. The lowest BCUT2D eigenvalue weighted by atomic mass is 10.0. The Morgan fingerprint density at radius 2 is 1.67 bits per heavy atom. The minimum atomic E-state index is -0.235. The molecule has 0 saturated heterocycles. The van der Waals surface area contributed by atoms with Gasteiger partial charge in [-0.05, 0) is 36.2 Å². The number of hydrogen-bond donors (Lipinski definition) is 4. The largest absolute Gasteiger partial charge is 0.508 e. The van der Waals surface area contributed by atoms with Gasteiger partial charge in [0.1, 0.15) is 17.8 Å². The molecule has 0 amide bonds. The van der Waals surface area contributed by atoms with Crippen molar-refractivity contribution < 1.29 is 25.2 Å². The van der Waals surface area contributed by atoms with Gasteiger partial charge in [0.2, 0.25) is 0 Å². The van der Waals surface area contributed by atoms with Crippen LogP contribution in [-0.4, -0.2) is 26.7 Å². The van der Waals surface area contributed by atoms with Crippen LogP contribution >= 0.6 is 0 Å². The Kier molecular flexibility index (Phi) is 4.13. The Balaban J connectivity index is 2.28. The molecule has 0 radical (unpaired) electrons. The van der Waals surface area contributed by atoms with Crippen molar-refractivity contribution in [3.63, 3.8) is 0 Å². The zero-order valence-electron chi connectivity index (χ0n) is 11.0. The predicted octanol–water partition coefficient (Wildman–Crippen LogP) is 2.33. The Labute approximate surface area is 121 Å². The van der Waals surface area contributed by atoms with Gasteiger partial charge in [-0.1, -0.05) is 12.1 Å². The summed E-state index contributed by atoms with van der Waals surface area (Å²) in [5, 5.41) is 37.6. The third-order valence-corrected chi connectivity index (χ3v) is 3.02. The molecular formula is C16H14O5. The average Bonchev–Trinajstić information content (AvgIpc) is 2.45. The molecule has 0 aliphatic heterocycles. The van der Waals surface area contributed by atoms with Crippen molar-refractivity contribution in [1.82, 2.24) is 0 Å². The molecule has 0 atom stereocenters. The lowest BCUT2D eigenvalue weighted by Crippen LogP contribution is -1.89. The van der Waals surface area contributed by atoms with Gasteiger partial charge in [0, 0.05) is 17.2 Å². The summed E-state index contributed by atoms with van der Waals surface area (Å²) in [4.78, 5) is 11.2. The van der Waals surface area contributed by atoms with Crippen molar-refractivity contribution >= 4 is 11.9 Å². The number of aromatic hydroxyl groups is 4. The van der Waals surface area contributed by atoms with Crippen molar-refractivity contribution in [2.45, 2.75) is 6.42 Å². The van der Waals surface area contributed by atoms with Crippen LogP contribution in [0.15, 0.2) is 42.5 Å². The van der Waals surface area contributed by atoms with E-state index in [4.69, 9.17) is 0 Å². The van der Waals surface area contributed by atoms with Crippen LogP contribution < -0.4 is 0 Å². The summed E-state index contributed by atoms with van der Waals surface area (Å²) in [5.74, 6) is -0.734. The number of carbonyl (C=O) groups excluding carboxylic acids is 1. The van der Waals surface area contributed by atoms with Crippen LogP contribution in [0.2, 0.25) is 0 Å². The second kappa shape index (κ2) is 6.00. The van der Waals surface area contributed by atoms with E-state index in [1.165, 1.54) is 24.3 Å². The number of phenols is 4. The number of phenolic OH excluding ortho intramolecular Hbond substituents is 4. The van der Waals surface area contributed by atoms with Crippen molar-refractivity contribution in [1.29, 1.82) is 0 Å². The van der Waals surface area contributed by atoms with Gasteiger partial charge in [-0.3, -0.25) is 4.79 Å². The Hall–Kier alpha value is -2.95. The highest BCUT2D eigenvalue weighted by molar-refractivity contribution is 6.08. The van der Waals surface area contributed by atoms with Gasteiger partial charge >= 0.3 is 0 Å². The van der Waals surface area contributed by atoms with Crippen molar-refractivity contribution in [2.24, 2.45) is 0 Å². The van der Waals surface area contributed by atoms with Gasteiger partial charge in [-0.15, -0.1) is 0 Å². The fraction of sp³-hybridized carbons (Fsp3) is 0.0625. The maximum absolute atomic E-state index is 11.2. The van der Waals surface area contributed by atoms with Gasteiger partial charge in [0.25, 0.3) is 0 Å². The summed E-state index contributed by atoms with van der Waals surface area (Å²) < 4.78 is 0. The SMILES string of the molecule is O=CC(=CCc1ccc(O)c(O)c1)c1ccc(O)cc1O. The summed E-state index contributed by atoms with van der Waals surface area (Å²) in [6, 6.07) is 8.34. The van der Waals surface area contributed by atoms with Crippen LogP contribution in [0.1, 0.15) is 11.1 Å². The standard InChI is InChI=1S/C16H14O5/c17-9-11(13-5-4-12(18)8-15(13)20)3-1-10-2-6-14(19)16(21)7-10/h2-9,18-21H,1H2. The summed E-state index contributed by atoms with van der Waals surface area (Å²) in [7, 11) is 0. The smallest absolute Gasteiger partial charge is 0.157 e. The van der Waals surface area contributed by atoms with Crippen molar-refractivity contribution in [2.75, 3.05) is 0 Å². The number of rotatable bonds is 4. The Morgan fingerprint density at radius 3 is 2.29 bits per heavy atom. The van der Waals surface area contributed by atoms with Crippen LogP contribution in [0.3, 0.4) is 0 Å². The molecule has 0 fully saturated rings. The summed E-state index contributed by atoms with van der Waals surface area (Å²) >= 11 is 0. The molecule has 4 N–H and O–H groups in total. The summed E-state index contributed by atoms with van der Waals surface area (Å²) in [6.07, 6.45) is 2.53. The fourth-order valence-corrected chi connectivity index (χ4v) is 1.91. The number of allylic oxidation sites excluding steroid dienone is 2. The van der Waals surface area contributed by atoms with E-state index in [2.05, 4.69) is 0 Å². The van der Waals surface area contributed by atoms with Crippen LogP contribution in [0.25, 0.3) is 5.57 Å². The van der Waals surface area contributed by atoms with E-state index in [0.717, 1.165) is 6.07 Å². The van der Waals surface area contributed by atoms with E-state index >= 15 is 0 Å². The first-order valence-electron chi connectivity index (χ1n) is 6.20. The molecule has 2 rings (SSSR count). The Morgan fingerprint density at radius 1 is 0.905 bits per heavy atom. The van der Waals surface area contributed by atoms with E-state index in [-0.39, 0.29) is 28.6 Å². The van der Waals surface area contributed by atoms with E-state index in [1.54, 1.807) is 12.1 Å². The monoisotopic (exact) mass is 286 g/mol. The van der Waals surface area contributed by atoms with E-state index < -0.39 is 0 Å². The van der Waals surface area contributed by atoms with Gasteiger partial charge in [0.05, 0.1) is 0 Å². The molecule has 0 aliphatic rings. The van der Waals surface area contributed by atoms with Crippen molar-refractivity contribution in [3.8, 4) is 23.0 Å². The molecule has 0 unspecified atom stereocenters. The van der Waals surface area contributed by atoms with E-state index in [9.17, 15) is 25.2 Å². The zero-order chi connectivity index (χ0) is 15.4. The minimum Gasteiger partial charge on any atom is -0.508 e. The number of benzene rings is 2. The van der Waals surface area contributed by atoms with Gasteiger partial charge in [-0.25, -0.2) is 0 Å². The van der Waals surface area contributed by atoms with Crippen LogP contribution in [0.5, 0.6) is 23.0 Å². The number of hydrogen-bond acceptors (Lipinski definition) is 5. The van der Waals surface area contributed by atoms with Gasteiger partial charge in [0.15, 0.2) is 11.5 Å². The Bertz CT molecular complexity index is 704. The highest BCUT2D eigenvalue weighted by Crippen LogP contribution is 2.29. The maximum atomic E-state index is 11.2. The summed E-state index contributed by atoms with van der Waals surface area (Å²) in [6.45, 7) is 0. The van der Waals surface area contributed by atoms with Crippen molar-refractivity contribution in [3.05, 3.63) is 53.6 Å². The third kappa shape index (κ3) is 3.33. The van der Waals surface area contributed by atoms with Crippen LogP contribution in [0, 0.1) is 0 Å². The first-order chi connectivity index (χ1) is 10.0. The molecule has 21 heavy (non-hydrogen) atoms. The molecule has 0 bridgehead atoms.